The molecule has 0 spiro atoms. The number of aliphatic carboxylic acids is 1. The van der Waals surface area contributed by atoms with Gasteiger partial charge in [-0.1, -0.05) is 71.0 Å². The molecule has 0 heterocycles. The summed E-state index contributed by atoms with van der Waals surface area (Å²) in [7, 11) is -2.87. The Kier molecular flexibility index (Phi) is 9.02. The Labute approximate surface area is 206 Å². The molecule has 10 heteroatoms. The number of carboxylic acid groups (broad SMARTS) is 1. The van der Waals surface area contributed by atoms with Crippen LogP contribution in [0.2, 0.25) is 0 Å². The Bertz CT molecular complexity index is 1180. The summed E-state index contributed by atoms with van der Waals surface area (Å²) >= 11 is 0. The van der Waals surface area contributed by atoms with Gasteiger partial charge in [-0.2, -0.15) is 4.72 Å². The fourth-order valence-corrected chi connectivity index (χ4v) is 5.40. The fourth-order valence-electron chi connectivity index (χ4n) is 3.94. The third-order valence-electron chi connectivity index (χ3n) is 5.71. The number of carbonyl (C=O) groups excluding carboxylic acids is 2. The van der Waals surface area contributed by atoms with Crippen LogP contribution in [0.5, 0.6) is 0 Å². The van der Waals surface area contributed by atoms with E-state index in [0.717, 1.165) is 0 Å². The minimum absolute atomic E-state index is 0.0801. The van der Waals surface area contributed by atoms with E-state index in [2.05, 4.69) is 15.4 Å². The SMILES string of the molecule is CNC(=O)[C@@H](NC(=O)[C@H](CC(C)C)[C@H](NS(=O)(=O)c1cccc2ccccc12)C(=O)O)C(C)(C)C. The van der Waals surface area contributed by atoms with Crippen molar-refractivity contribution in [3.63, 3.8) is 0 Å². The van der Waals surface area contributed by atoms with Crippen molar-refractivity contribution >= 4 is 38.6 Å². The molecular weight excluding hydrogens is 470 g/mol. The molecule has 0 radical (unpaired) electrons. The van der Waals surface area contributed by atoms with Gasteiger partial charge in [0, 0.05) is 12.4 Å². The van der Waals surface area contributed by atoms with E-state index in [9.17, 15) is 27.9 Å². The lowest BCUT2D eigenvalue weighted by molar-refractivity contribution is -0.144. The van der Waals surface area contributed by atoms with Crippen LogP contribution < -0.4 is 15.4 Å². The highest BCUT2D eigenvalue weighted by atomic mass is 32.2. The Balaban J connectivity index is 2.48. The van der Waals surface area contributed by atoms with E-state index in [0.29, 0.717) is 10.8 Å². The summed E-state index contributed by atoms with van der Waals surface area (Å²) in [5, 5.41) is 16.3. The minimum atomic E-state index is -4.31. The Hall–Kier alpha value is -2.98. The van der Waals surface area contributed by atoms with Crippen molar-refractivity contribution in [1.29, 1.82) is 0 Å². The van der Waals surface area contributed by atoms with Gasteiger partial charge in [-0.05, 0) is 29.2 Å². The molecule has 2 aromatic carbocycles. The van der Waals surface area contributed by atoms with Gasteiger partial charge in [-0.3, -0.25) is 14.4 Å². The predicted molar refractivity (Wildman–Crippen MR) is 134 cm³/mol. The smallest absolute Gasteiger partial charge is 0.322 e. The zero-order valence-electron chi connectivity index (χ0n) is 21.0. The number of carbonyl (C=O) groups is 3. The summed E-state index contributed by atoms with van der Waals surface area (Å²) in [6.07, 6.45) is 0.0888. The van der Waals surface area contributed by atoms with Crippen molar-refractivity contribution in [2.75, 3.05) is 7.05 Å². The highest BCUT2D eigenvalue weighted by Gasteiger charge is 2.41. The number of benzene rings is 2. The van der Waals surface area contributed by atoms with Gasteiger partial charge < -0.3 is 15.7 Å². The van der Waals surface area contributed by atoms with Gasteiger partial charge in [0.1, 0.15) is 12.1 Å². The first-order valence-electron chi connectivity index (χ1n) is 11.4. The van der Waals surface area contributed by atoms with Crippen LogP contribution in [0.25, 0.3) is 10.8 Å². The van der Waals surface area contributed by atoms with Crippen LogP contribution in [0.3, 0.4) is 0 Å². The van der Waals surface area contributed by atoms with E-state index >= 15 is 0 Å². The van der Waals surface area contributed by atoms with Crippen LogP contribution in [-0.4, -0.2) is 50.4 Å². The van der Waals surface area contributed by atoms with Crippen LogP contribution in [0.4, 0.5) is 0 Å². The van der Waals surface area contributed by atoms with Crippen LogP contribution in [0.1, 0.15) is 41.0 Å². The first-order valence-corrected chi connectivity index (χ1v) is 12.9. The second-order valence-corrected chi connectivity index (χ2v) is 11.8. The molecule has 2 rings (SSSR count). The monoisotopic (exact) mass is 505 g/mol. The van der Waals surface area contributed by atoms with E-state index < -0.39 is 51.2 Å². The molecule has 0 aliphatic rings. The van der Waals surface area contributed by atoms with Crippen molar-refractivity contribution in [3.05, 3.63) is 42.5 Å². The lowest BCUT2D eigenvalue weighted by Gasteiger charge is -2.33. The Morgan fingerprint density at radius 3 is 2.11 bits per heavy atom. The van der Waals surface area contributed by atoms with Crippen LogP contribution >= 0.6 is 0 Å². The molecule has 2 aromatic rings. The molecule has 0 aliphatic heterocycles. The second kappa shape index (κ2) is 11.2. The summed E-state index contributed by atoms with van der Waals surface area (Å²) in [5.74, 6) is -4.01. The molecule has 0 saturated heterocycles. The molecule has 35 heavy (non-hydrogen) atoms. The maximum absolute atomic E-state index is 13.3. The number of fused-ring (bicyclic) bond motifs is 1. The lowest BCUT2D eigenvalue weighted by Crippen LogP contribution is -2.58. The quantitative estimate of drug-likeness (QED) is 0.391. The third-order valence-corrected chi connectivity index (χ3v) is 7.21. The molecule has 2 amide bonds. The van der Waals surface area contributed by atoms with Crippen LogP contribution in [-0.2, 0) is 24.4 Å². The average molecular weight is 506 g/mol. The number of nitrogens with one attached hydrogen (secondary N) is 3. The number of amides is 2. The Morgan fingerprint density at radius 1 is 0.971 bits per heavy atom. The van der Waals surface area contributed by atoms with Crippen molar-refractivity contribution in [3.8, 4) is 0 Å². The molecule has 192 valence electrons. The second-order valence-electron chi connectivity index (χ2n) is 10.1. The predicted octanol–water partition coefficient (Wildman–Crippen LogP) is 2.51. The number of likely N-dealkylation sites (N-methyl/N-ethyl adjacent to an activating group) is 1. The zero-order valence-corrected chi connectivity index (χ0v) is 21.8. The summed E-state index contributed by atoms with van der Waals surface area (Å²) in [5.41, 5.74) is -0.667. The van der Waals surface area contributed by atoms with Gasteiger partial charge in [-0.25, -0.2) is 8.42 Å². The molecule has 0 unspecified atom stereocenters. The molecule has 4 N–H and O–H groups in total. The molecule has 0 aromatic heterocycles. The third kappa shape index (κ3) is 7.02. The molecule has 3 atom stereocenters. The molecule has 0 fully saturated rings. The number of hydrogen-bond donors (Lipinski definition) is 4. The summed E-state index contributed by atoms with van der Waals surface area (Å²) in [6, 6.07) is 8.88. The maximum Gasteiger partial charge on any atom is 0.322 e. The van der Waals surface area contributed by atoms with Gasteiger partial charge in [0.25, 0.3) is 0 Å². The highest BCUT2D eigenvalue weighted by molar-refractivity contribution is 7.89. The zero-order chi connectivity index (χ0) is 26.6. The topological polar surface area (TPSA) is 142 Å². The van der Waals surface area contributed by atoms with E-state index in [1.807, 2.05) is 0 Å². The number of hydrogen-bond acceptors (Lipinski definition) is 5. The largest absolute Gasteiger partial charge is 0.480 e. The highest BCUT2D eigenvalue weighted by Crippen LogP contribution is 2.26. The fraction of sp³-hybridized carbons (Fsp3) is 0.480. The number of carboxylic acids is 1. The normalized spacial score (nSPS) is 14.8. The van der Waals surface area contributed by atoms with Gasteiger partial charge in [0.15, 0.2) is 0 Å². The van der Waals surface area contributed by atoms with Crippen molar-refractivity contribution in [1.82, 2.24) is 15.4 Å². The first-order chi connectivity index (χ1) is 16.2. The molecule has 0 saturated carbocycles. The minimum Gasteiger partial charge on any atom is -0.480 e. The Morgan fingerprint density at radius 2 is 1.57 bits per heavy atom. The summed E-state index contributed by atoms with van der Waals surface area (Å²) in [6.45, 7) is 8.91. The lowest BCUT2D eigenvalue weighted by atomic mass is 9.84. The van der Waals surface area contributed by atoms with E-state index in [-0.39, 0.29) is 17.2 Å². The van der Waals surface area contributed by atoms with Gasteiger partial charge in [-0.15, -0.1) is 0 Å². The van der Waals surface area contributed by atoms with Gasteiger partial charge >= 0.3 is 5.97 Å². The summed E-state index contributed by atoms with van der Waals surface area (Å²) < 4.78 is 28.9. The summed E-state index contributed by atoms with van der Waals surface area (Å²) in [4.78, 5) is 38.0. The van der Waals surface area contributed by atoms with Gasteiger partial charge in [0.05, 0.1) is 10.8 Å². The number of rotatable bonds is 10. The van der Waals surface area contributed by atoms with Crippen LogP contribution in [0, 0.1) is 17.3 Å². The average Bonchev–Trinajstić information content (AvgIpc) is 2.77. The van der Waals surface area contributed by atoms with Crippen LogP contribution in [0.15, 0.2) is 47.4 Å². The maximum atomic E-state index is 13.3. The van der Waals surface area contributed by atoms with E-state index in [1.54, 1.807) is 71.0 Å². The first kappa shape index (κ1) is 28.3. The van der Waals surface area contributed by atoms with Crippen molar-refractivity contribution in [2.24, 2.45) is 17.3 Å². The molecular formula is C25H35N3O6S. The number of sulfonamides is 1. The van der Waals surface area contributed by atoms with Crippen molar-refractivity contribution in [2.45, 2.75) is 58.0 Å². The molecule has 0 aliphatic carbocycles. The molecule has 0 bridgehead atoms. The molecule has 9 nitrogen and oxygen atoms in total. The van der Waals surface area contributed by atoms with E-state index in [1.165, 1.54) is 13.1 Å². The van der Waals surface area contributed by atoms with E-state index in [4.69, 9.17) is 0 Å². The van der Waals surface area contributed by atoms with Crippen molar-refractivity contribution < 1.29 is 27.9 Å². The standard InChI is InChI=1S/C25H35N3O6S/c1-15(2)14-18(22(29)27-21(23(30)26-6)25(3,4)5)20(24(31)32)28-35(33,34)19-13-9-11-16-10-7-8-12-17(16)19/h7-13,15,18,20-21,28H,14H2,1-6H3,(H,26,30)(H,27,29)(H,31,32)/t18-,20+,21-/m1/s1. The van der Waals surface area contributed by atoms with Gasteiger partial charge in [0.2, 0.25) is 21.8 Å².